The Balaban J connectivity index is 1.70. The number of rotatable bonds is 3. The Morgan fingerprint density at radius 2 is 1.91 bits per heavy atom. The van der Waals surface area contributed by atoms with Gasteiger partial charge in [0.05, 0.1) is 6.54 Å². The molecule has 0 atom stereocenters. The lowest BCUT2D eigenvalue weighted by molar-refractivity contribution is 0.171. The van der Waals surface area contributed by atoms with Crippen LogP contribution in [-0.2, 0) is 5.41 Å². The fraction of sp³-hybridized carbons (Fsp3) is 0.588. The predicted molar refractivity (Wildman–Crippen MR) is 95.8 cm³/mol. The predicted octanol–water partition coefficient (Wildman–Crippen LogP) is 2.10. The van der Waals surface area contributed by atoms with Crippen LogP contribution in [0, 0.1) is 0 Å². The molecular formula is C17H25N3O2S. The molecule has 23 heavy (non-hydrogen) atoms. The number of fused-ring (bicyclic) bond motifs is 1. The Kier molecular flexibility index (Phi) is 4.90. The normalized spacial score (nSPS) is 18.9. The summed E-state index contributed by atoms with van der Waals surface area (Å²) in [6.45, 7) is 8.22. The van der Waals surface area contributed by atoms with Gasteiger partial charge in [-0.05, 0) is 17.7 Å². The van der Waals surface area contributed by atoms with Gasteiger partial charge in [-0.15, -0.1) is 0 Å². The van der Waals surface area contributed by atoms with Gasteiger partial charge in [0.15, 0.2) is 17.5 Å². The van der Waals surface area contributed by atoms with Crippen molar-refractivity contribution in [3.8, 4) is 11.5 Å². The quantitative estimate of drug-likeness (QED) is 0.677. The Morgan fingerprint density at radius 3 is 2.65 bits per heavy atom. The summed E-state index contributed by atoms with van der Waals surface area (Å²) >= 11 is 1.97. The van der Waals surface area contributed by atoms with Crippen LogP contribution in [-0.4, -0.2) is 55.2 Å². The van der Waals surface area contributed by atoms with Crippen molar-refractivity contribution in [3.05, 3.63) is 23.8 Å². The summed E-state index contributed by atoms with van der Waals surface area (Å²) in [5, 5.41) is 0. The fourth-order valence-corrected chi connectivity index (χ4v) is 3.63. The van der Waals surface area contributed by atoms with E-state index in [1.807, 2.05) is 17.8 Å². The van der Waals surface area contributed by atoms with Gasteiger partial charge in [0.25, 0.3) is 0 Å². The van der Waals surface area contributed by atoms with Crippen molar-refractivity contribution >= 4 is 17.7 Å². The van der Waals surface area contributed by atoms with E-state index in [4.69, 9.17) is 15.2 Å². The van der Waals surface area contributed by atoms with Crippen molar-refractivity contribution in [1.29, 1.82) is 0 Å². The second-order valence-electron chi connectivity index (χ2n) is 6.52. The zero-order valence-corrected chi connectivity index (χ0v) is 14.7. The lowest BCUT2D eigenvalue weighted by Crippen LogP contribution is -2.43. The molecule has 1 saturated heterocycles. The van der Waals surface area contributed by atoms with E-state index < -0.39 is 0 Å². The van der Waals surface area contributed by atoms with E-state index in [0.717, 1.165) is 36.1 Å². The van der Waals surface area contributed by atoms with Crippen LogP contribution in [0.5, 0.6) is 11.5 Å². The number of nitrogens with two attached hydrogens (primary N) is 1. The first-order valence-corrected chi connectivity index (χ1v) is 9.24. The maximum atomic E-state index is 6.17. The van der Waals surface area contributed by atoms with Gasteiger partial charge in [-0.1, -0.05) is 19.9 Å². The van der Waals surface area contributed by atoms with Crippen LogP contribution in [0.4, 0.5) is 0 Å². The maximum Gasteiger partial charge on any atom is 0.191 e. The van der Waals surface area contributed by atoms with Crippen molar-refractivity contribution in [3.63, 3.8) is 0 Å². The van der Waals surface area contributed by atoms with Crippen LogP contribution in [0.2, 0.25) is 0 Å². The zero-order valence-electron chi connectivity index (χ0n) is 13.9. The number of nitrogens with zero attached hydrogens (tertiary/aromatic N) is 2. The van der Waals surface area contributed by atoms with Gasteiger partial charge in [-0.3, -0.25) is 4.99 Å². The number of hydrogen-bond donors (Lipinski definition) is 1. The van der Waals surface area contributed by atoms with E-state index in [1.165, 1.54) is 5.56 Å². The molecule has 6 heteroatoms. The Hall–Kier alpha value is -1.56. The second kappa shape index (κ2) is 6.91. The first-order valence-electron chi connectivity index (χ1n) is 8.09. The van der Waals surface area contributed by atoms with Gasteiger partial charge in [-0.2, -0.15) is 11.8 Å². The molecule has 1 fully saturated rings. The molecule has 0 amide bonds. The number of thioether (sulfide) groups is 1. The van der Waals surface area contributed by atoms with Crippen LogP contribution in [0.15, 0.2) is 23.2 Å². The van der Waals surface area contributed by atoms with Crippen LogP contribution in [0.1, 0.15) is 19.4 Å². The Labute approximate surface area is 142 Å². The highest BCUT2D eigenvalue weighted by atomic mass is 32.2. The summed E-state index contributed by atoms with van der Waals surface area (Å²) in [5.74, 6) is 4.57. The number of guanidine groups is 1. The van der Waals surface area contributed by atoms with Gasteiger partial charge in [-0.25, -0.2) is 0 Å². The standard InChI is InChI=1S/C17H25N3O2S/c1-17(2,12-19-16(18)20-5-9-23-10-6-20)13-3-4-14-15(11-13)22-8-7-21-14/h3-4,11H,5-10,12H2,1-2H3,(H2,18,19). The van der Waals surface area contributed by atoms with Crippen LogP contribution < -0.4 is 15.2 Å². The van der Waals surface area contributed by atoms with Gasteiger partial charge in [0, 0.05) is 30.0 Å². The minimum atomic E-state index is -0.106. The van der Waals surface area contributed by atoms with Gasteiger partial charge >= 0.3 is 0 Å². The largest absolute Gasteiger partial charge is 0.486 e. The molecule has 0 unspecified atom stereocenters. The molecule has 2 N–H and O–H groups in total. The molecule has 2 aliphatic heterocycles. The highest BCUT2D eigenvalue weighted by Gasteiger charge is 2.24. The van der Waals surface area contributed by atoms with E-state index >= 15 is 0 Å². The average Bonchev–Trinajstić information content (AvgIpc) is 2.60. The van der Waals surface area contributed by atoms with Crippen LogP contribution in [0.25, 0.3) is 0 Å². The van der Waals surface area contributed by atoms with Crippen LogP contribution in [0.3, 0.4) is 0 Å². The highest BCUT2D eigenvalue weighted by molar-refractivity contribution is 7.99. The molecule has 0 saturated carbocycles. The van der Waals surface area contributed by atoms with E-state index in [2.05, 4.69) is 35.9 Å². The molecule has 1 aromatic rings. The summed E-state index contributed by atoms with van der Waals surface area (Å²) < 4.78 is 11.3. The van der Waals surface area contributed by atoms with E-state index in [-0.39, 0.29) is 5.41 Å². The summed E-state index contributed by atoms with van der Waals surface area (Å²) in [5.41, 5.74) is 7.25. The van der Waals surface area contributed by atoms with Crippen LogP contribution >= 0.6 is 11.8 Å². The van der Waals surface area contributed by atoms with E-state index in [1.54, 1.807) is 0 Å². The van der Waals surface area contributed by atoms with Crippen molar-refractivity contribution in [1.82, 2.24) is 4.90 Å². The Morgan fingerprint density at radius 1 is 1.22 bits per heavy atom. The summed E-state index contributed by atoms with van der Waals surface area (Å²) in [6, 6.07) is 6.15. The third kappa shape index (κ3) is 3.86. The lowest BCUT2D eigenvalue weighted by atomic mass is 9.84. The second-order valence-corrected chi connectivity index (χ2v) is 7.74. The molecule has 0 spiro atoms. The fourth-order valence-electron chi connectivity index (χ4n) is 2.73. The van der Waals surface area contributed by atoms with Crippen molar-refractivity contribution < 1.29 is 9.47 Å². The van der Waals surface area contributed by atoms with Crippen molar-refractivity contribution in [2.75, 3.05) is 44.4 Å². The van der Waals surface area contributed by atoms with Crippen molar-refractivity contribution in [2.24, 2.45) is 10.7 Å². The number of aliphatic imine (C=N–C) groups is 1. The monoisotopic (exact) mass is 335 g/mol. The number of hydrogen-bond acceptors (Lipinski definition) is 4. The first kappa shape index (κ1) is 16.3. The third-order valence-corrected chi connectivity index (χ3v) is 5.24. The maximum absolute atomic E-state index is 6.17. The molecule has 0 radical (unpaired) electrons. The van der Waals surface area contributed by atoms with E-state index in [9.17, 15) is 0 Å². The molecule has 5 nitrogen and oxygen atoms in total. The summed E-state index contributed by atoms with van der Waals surface area (Å²) in [7, 11) is 0. The highest BCUT2D eigenvalue weighted by Crippen LogP contribution is 2.35. The smallest absolute Gasteiger partial charge is 0.191 e. The topological polar surface area (TPSA) is 60.1 Å². The SMILES string of the molecule is CC(C)(CN=C(N)N1CCSCC1)c1ccc2c(c1)OCCO2. The summed E-state index contributed by atoms with van der Waals surface area (Å²) in [4.78, 5) is 6.82. The molecule has 0 aromatic heterocycles. The Bertz CT molecular complexity index is 583. The third-order valence-electron chi connectivity index (χ3n) is 4.30. The molecule has 1 aromatic carbocycles. The average molecular weight is 335 g/mol. The molecule has 126 valence electrons. The molecular weight excluding hydrogens is 310 g/mol. The first-order chi connectivity index (χ1) is 11.1. The number of ether oxygens (including phenoxy) is 2. The van der Waals surface area contributed by atoms with Gasteiger partial charge in [0.1, 0.15) is 13.2 Å². The minimum absolute atomic E-state index is 0.106. The molecule has 0 bridgehead atoms. The lowest BCUT2D eigenvalue weighted by Gasteiger charge is -2.29. The van der Waals surface area contributed by atoms with E-state index in [0.29, 0.717) is 25.7 Å². The minimum Gasteiger partial charge on any atom is -0.486 e. The van der Waals surface area contributed by atoms with Gasteiger partial charge < -0.3 is 20.1 Å². The zero-order chi connectivity index (χ0) is 16.3. The number of benzene rings is 1. The molecule has 2 heterocycles. The van der Waals surface area contributed by atoms with Crippen molar-refractivity contribution in [2.45, 2.75) is 19.3 Å². The molecule has 2 aliphatic rings. The summed E-state index contributed by atoms with van der Waals surface area (Å²) in [6.07, 6.45) is 0. The molecule has 3 rings (SSSR count). The molecule has 0 aliphatic carbocycles. The van der Waals surface area contributed by atoms with Gasteiger partial charge in [0.2, 0.25) is 0 Å².